The number of nitrogens with zero attached hydrogens (tertiary/aromatic N) is 4. The van der Waals surface area contributed by atoms with Crippen LogP contribution in [0, 0.1) is 11.6 Å². The number of anilines is 1. The number of benzene rings is 3. The summed E-state index contributed by atoms with van der Waals surface area (Å²) in [5.41, 5.74) is 1.90. The Kier molecular flexibility index (Phi) is 6.04. The summed E-state index contributed by atoms with van der Waals surface area (Å²) in [4.78, 5) is 25.8. The minimum Gasteiger partial charge on any atom is -0.323 e. The molecule has 7 nitrogen and oxygen atoms in total. The monoisotopic (exact) mass is 491 g/mol. The van der Waals surface area contributed by atoms with Crippen LogP contribution in [0.15, 0.2) is 76.7 Å². The highest BCUT2D eigenvalue weighted by Gasteiger charge is 2.19. The molecule has 0 bridgehead atoms. The van der Waals surface area contributed by atoms with Crippen LogP contribution in [0.4, 0.5) is 14.5 Å². The van der Waals surface area contributed by atoms with Gasteiger partial charge >= 0.3 is 0 Å². The summed E-state index contributed by atoms with van der Waals surface area (Å²) >= 11 is 1.07. The first-order valence-corrected chi connectivity index (χ1v) is 11.8. The molecule has 0 radical (unpaired) electrons. The van der Waals surface area contributed by atoms with Crippen LogP contribution in [-0.4, -0.2) is 30.8 Å². The van der Waals surface area contributed by atoms with Crippen LogP contribution in [-0.2, 0) is 11.2 Å². The van der Waals surface area contributed by atoms with Crippen molar-refractivity contribution in [3.05, 3.63) is 94.3 Å². The lowest BCUT2D eigenvalue weighted by atomic mass is 10.1. The van der Waals surface area contributed by atoms with Gasteiger partial charge in [-0.3, -0.25) is 14.0 Å². The van der Waals surface area contributed by atoms with Gasteiger partial charge in [0.25, 0.3) is 5.56 Å². The number of aromatic nitrogens is 4. The standard InChI is InChI=1S/C25H19F2N5O2S/c1-2-15-7-10-17(11-8-15)31-23(34)18-5-3-4-6-21(18)32-24(31)29-30-25(32)35-14-22(33)28-20-13-16(26)9-12-19(20)27/h3-13H,2,14H2,1H3,(H,28,33). The predicted octanol–water partition coefficient (Wildman–Crippen LogP) is 4.60. The molecule has 1 N–H and O–H groups in total. The lowest BCUT2D eigenvalue weighted by Gasteiger charge is -2.12. The lowest BCUT2D eigenvalue weighted by molar-refractivity contribution is -0.113. The first-order chi connectivity index (χ1) is 17.0. The first kappa shape index (κ1) is 22.7. The third kappa shape index (κ3) is 4.28. The number of para-hydroxylation sites is 1. The molecule has 0 spiro atoms. The number of thioether (sulfide) groups is 1. The summed E-state index contributed by atoms with van der Waals surface area (Å²) < 4.78 is 30.5. The summed E-state index contributed by atoms with van der Waals surface area (Å²) in [6.45, 7) is 2.05. The van der Waals surface area contributed by atoms with Gasteiger partial charge in [-0.2, -0.15) is 0 Å². The highest BCUT2D eigenvalue weighted by molar-refractivity contribution is 7.99. The second-order valence-corrected chi connectivity index (χ2v) is 8.70. The molecule has 2 heterocycles. The average Bonchev–Trinajstić information content (AvgIpc) is 3.29. The van der Waals surface area contributed by atoms with E-state index in [4.69, 9.17) is 0 Å². The lowest BCUT2D eigenvalue weighted by Crippen LogP contribution is -2.22. The minimum absolute atomic E-state index is 0.130. The van der Waals surface area contributed by atoms with E-state index in [0.29, 0.717) is 27.5 Å². The van der Waals surface area contributed by atoms with Crippen LogP contribution in [0.25, 0.3) is 22.4 Å². The quantitative estimate of drug-likeness (QED) is 0.351. The number of aryl methyl sites for hydroxylation is 1. The minimum atomic E-state index is -0.734. The van der Waals surface area contributed by atoms with E-state index < -0.39 is 17.5 Å². The molecule has 5 rings (SSSR count). The fourth-order valence-corrected chi connectivity index (χ4v) is 4.54. The van der Waals surface area contributed by atoms with Crippen molar-refractivity contribution in [2.75, 3.05) is 11.1 Å². The molecule has 176 valence electrons. The molecule has 10 heteroatoms. The van der Waals surface area contributed by atoms with Crippen molar-refractivity contribution in [3.8, 4) is 5.69 Å². The number of hydrogen-bond acceptors (Lipinski definition) is 5. The van der Waals surface area contributed by atoms with Crippen molar-refractivity contribution in [1.82, 2.24) is 19.2 Å². The van der Waals surface area contributed by atoms with E-state index >= 15 is 0 Å². The van der Waals surface area contributed by atoms with Crippen LogP contribution in [0.1, 0.15) is 12.5 Å². The largest absolute Gasteiger partial charge is 0.323 e. The molecule has 0 fully saturated rings. The van der Waals surface area contributed by atoms with Crippen molar-refractivity contribution >= 4 is 40.0 Å². The van der Waals surface area contributed by atoms with Gasteiger partial charge in [-0.25, -0.2) is 13.3 Å². The van der Waals surface area contributed by atoms with Gasteiger partial charge in [-0.05, 0) is 48.4 Å². The summed E-state index contributed by atoms with van der Waals surface area (Å²) in [7, 11) is 0. The molecular weight excluding hydrogens is 472 g/mol. The number of amides is 1. The zero-order chi connectivity index (χ0) is 24.5. The maximum absolute atomic E-state index is 13.9. The zero-order valence-corrected chi connectivity index (χ0v) is 19.4. The number of rotatable bonds is 6. The number of carbonyl (C=O) groups is 1. The molecule has 0 aliphatic heterocycles. The smallest absolute Gasteiger partial charge is 0.267 e. The molecule has 2 aromatic heterocycles. The number of halogens is 2. The fourth-order valence-electron chi connectivity index (χ4n) is 3.80. The second-order valence-electron chi connectivity index (χ2n) is 7.76. The molecule has 0 atom stereocenters. The van der Waals surface area contributed by atoms with Gasteiger partial charge in [0.05, 0.1) is 28.0 Å². The van der Waals surface area contributed by atoms with Gasteiger partial charge in [0.1, 0.15) is 11.6 Å². The van der Waals surface area contributed by atoms with E-state index in [1.807, 2.05) is 24.3 Å². The maximum Gasteiger partial charge on any atom is 0.267 e. The molecule has 0 aliphatic rings. The number of carbonyl (C=O) groups excluding carboxylic acids is 1. The van der Waals surface area contributed by atoms with E-state index in [-0.39, 0.29) is 17.0 Å². The van der Waals surface area contributed by atoms with Crippen molar-refractivity contribution in [2.24, 2.45) is 0 Å². The molecule has 0 aliphatic carbocycles. The highest BCUT2D eigenvalue weighted by atomic mass is 32.2. The maximum atomic E-state index is 13.9. The Hall–Kier alpha value is -4.05. The Bertz CT molecular complexity index is 1630. The average molecular weight is 492 g/mol. The summed E-state index contributed by atoms with van der Waals surface area (Å²) in [6.07, 6.45) is 0.871. The summed E-state index contributed by atoms with van der Waals surface area (Å²) in [5.74, 6) is -1.76. The van der Waals surface area contributed by atoms with E-state index in [2.05, 4.69) is 22.4 Å². The van der Waals surface area contributed by atoms with Crippen LogP contribution in [0.5, 0.6) is 0 Å². The predicted molar refractivity (Wildman–Crippen MR) is 131 cm³/mol. The SMILES string of the molecule is CCc1ccc(-n2c(=O)c3ccccc3n3c(SCC(=O)Nc4cc(F)ccc4F)nnc23)cc1. The summed E-state index contributed by atoms with van der Waals surface area (Å²) in [6, 6.07) is 17.5. The number of hydrogen-bond donors (Lipinski definition) is 1. The topological polar surface area (TPSA) is 81.3 Å². The van der Waals surface area contributed by atoms with Crippen molar-refractivity contribution < 1.29 is 13.6 Å². The van der Waals surface area contributed by atoms with Gasteiger partial charge in [-0.15, -0.1) is 10.2 Å². The third-order valence-electron chi connectivity index (χ3n) is 5.53. The Labute approximate surface area is 202 Å². The molecule has 0 saturated carbocycles. The molecule has 35 heavy (non-hydrogen) atoms. The molecular formula is C25H19F2N5O2S. The zero-order valence-electron chi connectivity index (χ0n) is 18.5. The Morgan fingerprint density at radius 1 is 1.03 bits per heavy atom. The molecule has 1 amide bonds. The number of fused-ring (bicyclic) bond motifs is 3. The van der Waals surface area contributed by atoms with E-state index in [1.54, 1.807) is 28.7 Å². The number of nitrogens with one attached hydrogen (secondary N) is 1. The Balaban J connectivity index is 1.53. The van der Waals surface area contributed by atoms with Gasteiger partial charge in [0.2, 0.25) is 11.7 Å². The van der Waals surface area contributed by atoms with E-state index in [1.165, 1.54) is 4.57 Å². The van der Waals surface area contributed by atoms with Gasteiger partial charge in [0, 0.05) is 6.07 Å². The van der Waals surface area contributed by atoms with Crippen molar-refractivity contribution in [1.29, 1.82) is 0 Å². The first-order valence-electron chi connectivity index (χ1n) is 10.8. The highest BCUT2D eigenvalue weighted by Crippen LogP contribution is 2.24. The Morgan fingerprint density at radius 3 is 2.57 bits per heavy atom. The Morgan fingerprint density at radius 2 is 1.80 bits per heavy atom. The van der Waals surface area contributed by atoms with Gasteiger partial charge < -0.3 is 5.32 Å². The van der Waals surface area contributed by atoms with E-state index in [9.17, 15) is 18.4 Å². The van der Waals surface area contributed by atoms with Crippen molar-refractivity contribution in [3.63, 3.8) is 0 Å². The fraction of sp³-hybridized carbons (Fsp3) is 0.120. The van der Waals surface area contributed by atoms with Crippen LogP contribution in [0.3, 0.4) is 0 Å². The third-order valence-corrected chi connectivity index (χ3v) is 6.46. The molecule has 5 aromatic rings. The van der Waals surface area contributed by atoms with Crippen molar-refractivity contribution in [2.45, 2.75) is 18.5 Å². The second kappa shape index (κ2) is 9.30. The molecule has 0 unspecified atom stereocenters. The van der Waals surface area contributed by atoms with Gasteiger partial charge in [0.15, 0.2) is 5.16 Å². The van der Waals surface area contributed by atoms with Crippen LogP contribution < -0.4 is 10.9 Å². The van der Waals surface area contributed by atoms with Gasteiger partial charge in [-0.1, -0.05) is 43.0 Å². The molecule has 3 aromatic carbocycles. The van der Waals surface area contributed by atoms with E-state index in [0.717, 1.165) is 41.9 Å². The van der Waals surface area contributed by atoms with Crippen LogP contribution >= 0.6 is 11.8 Å². The van der Waals surface area contributed by atoms with Crippen LogP contribution in [0.2, 0.25) is 0 Å². The molecule has 0 saturated heterocycles. The normalized spacial score (nSPS) is 11.3. The summed E-state index contributed by atoms with van der Waals surface area (Å²) in [5, 5.41) is 11.7.